The molecule has 2 heterocycles. The third kappa shape index (κ3) is 2.75. The Kier molecular flexibility index (Phi) is 3.57. The van der Waals surface area contributed by atoms with Crippen molar-refractivity contribution >= 4 is 0 Å². The highest BCUT2D eigenvalue weighted by molar-refractivity contribution is 5.01. The zero-order chi connectivity index (χ0) is 13.7. The Morgan fingerprint density at radius 1 is 1.00 bits per heavy atom. The van der Waals surface area contributed by atoms with Crippen molar-refractivity contribution in [2.75, 3.05) is 26.8 Å². The fraction of sp³-hybridized carbons (Fsp3) is 1.00. The van der Waals surface area contributed by atoms with Crippen molar-refractivity contribution in [2.45, 2.75) is 53.5 Å². The molecule has 18 heavy (non-hydrogen) atoms. The lowest BCUT2D eigenvalue weighted by Gasteiger charge is -2.59. The quantitative estimate of drug-likeness (QED) is 0.744. The molecular weight excluding hydrogens is 220 g/mol. The van der Waals surface area contributed by atoms with Crippen molar-refractivity contribution in [1.82, 2.24) is 9.80 Å². The highest BCUT2D eigenvalue weighted by Gasteiger charge is 2.51. The molecule has 0 N–H and O–H groups in total. The molecule has 2 heteroatoms. The molecule has 3 rings (SSSR count). The summed E-state index contributed by atoms with van der Waals surface area (Å²) in [5, 5.41) is 0. The highest BCUT2D eigenvalue weighted by atomic mass is 15.3. The van der Waals surface area contributed by atoms with Crippen LogP contribution in [0.3, 0.4) is 0 Å². The summed E-state index contributed by atoms with van der Waals surface area (Å²) in [6.07, 6.45) is 1.48. The van der Waals surface area contributed by atoms with Gasteiger partial charge in [0.2, 0.25) is 0 Å². The molecule has 0 aromatic rings. The molecule has 1 saturated carbocycles. The maximum Gasteiger partial charge on any atom is 0.0508 e. The van der Waals surface area contributed by atoms with E-state index >= 15 is 0 Å². The van der Waals surface area contributed by atoms with Crippen LogP contribution in [-0.4, -0.2) is 42.1 Å². The summed E-state index contributed by atoms with van der Waals surface area (Å²) in [5.41, 5.74) is 0.792. The summed E-state index contributed by atoms with van der Waals surface area (Å²) in [5.74, 6) is 2.88. The highest BCUT2D eigenvalue weighted by Crippen LogP contribution is 2.53. The van der Waals surface area contributed by atoms with Crippen LogP contribution in [0.25, 0.3) is 0 Å². The first-order chi connectivity index (χ1) is 8.09. The van der Waals surface area contributed by atoms with E-state index in [1.54, 1.807) is 0 Å². The molecule has 2 bridgehead atoms. The van der Waals surface area contributed by atoms with Gasteiger partial charge >= 0.3 is 0 Å². The van der Waals surface area contributed by atoms with Gasteiger partial charge in [-0.05, 0) is 57.4 Å². The molecule has 3 aliphatic rings. The first-order valence-electron chi connectivity index (χ1n) is 7.52. The zero-order valence-corrected chi connectivity index (χ0v) is 13.5. The zero-order valence-electron chi connectivity index (χ0n) is 13.5. The van der Waals surface area contributed by atoms with Crippen molar-refractivity contribution in [1.29, 1.82) is 0 Å². The molecule has 0 amide bonds. The summed E-state index contributed by atoms with van der Waals surface area (Å²) in [6, 6.07) is 0. The van der Waals surface area contributed by atoms with Gasteiger partial charge in [0.1, 0.15) is 0 Å². The number of piperidine rings is 2. The van der Waals surface area contributed by atoms with Crippen LogP contribution in [0.15, 0.2) is 0 Å². The Morgan fingerprint density at radius 3 is 1.89 bits per heavy atom. The Labute approximate surface area is 114 Å². The minimum atomic E-state index is 0.283. The van der Waals surface area contributed by atoms with Gasteiger partial charge < -0.3 is 0 Å². The molecule has 2 saturated heterocycles. The maximum absolute atomic E-state index is 2.67. The Hall–Kier alpha value is -0.0800. The lowest BCUT2D eigenvalue weighted by atomic mass is 9.53. The van der Waals surface area contributed by atoms with Crippen molar-refractivity contribution < 1.29 is 0 Å². The molecule has 0 radical (unpaired) electrons. The number of rotatable bonds is 2. The second-order valence-electron chi connectivity index (χ2n) is 8.69. The Balaban J connectivity index is 1.89. The van der Waals surface area contributed by atoms with E-state index in [0.29, 0.717) is 5.41 Å². The Morgan fingerprint density at radius 2 is 1.50 bits per heavy atom. The molecule has 0 aromatic carbocycles. The van der Waals surface area contributed by atoms with E-state index in [2.05, 4.69) is 58.4 Å². The maximum atomic E-state index is 2.67. The normalized spacial score (nSPS) is 33.7. The second-order valence-corrected chi connectivity index (χ2v) is 8.69. The summed E-state index contributed by atoms with van der Waals surface area (Å²) in [6.45, 7) is 17.9. The van der Waals surface area contributed by atoms with Crippen LogP contribution in [0.4, 0.5) is 0 Å². The van der Waals surface area contributed by atoms with Gasteiger partial charge in [0.25, 0.3) is 0 Å². The molecular formula is C16H32N2. The molecule has 1 aliphatic carbocycles. The first kappa shape index (κ1) is 14.3. The fourth-order valence-electron chi connectivity index (χ4n) is 4.03. The van der Waals surface area contributed by atoms with Gasteiger partial charge in [-0.15, -0.1) is 0 Å². The van der Waals surface area contributed by atoms with E-state index < -0.39 is 0 Å². The van der Waals surface area contributed by atoms with Crippen LogP contribution in [0, 0.1) is 23.2 Å². The van der Waals surface area contributed by atoms with Crippen LogP contribution >= 0.6 is 0 Å². The van der Waals surface area contributed by atoms with E-state index in [-0.39, 0.29) is 5.54 Å². The second kappa shape index (κ2) is 4.49. The van der Waals surface area contributed by atoms with Crippen molar-refractivity contribution in [2.24, 2.45) is 23.2 Å². The largest absolute Gasteiger partial charge is 0.290 e. The number of fused-ring (bicyclic) bond motifs is 2. The minimum Gasteiger partial charge on any atom is -0.290 e. The summed E-state index contributed by atoms with van der Waals surface area (Å²) in [7, 11) is 2.25. The third-order valence-corrected chi connectivity index (χ3v) is 5.16. The van der Waals surface area contributed by atoms with Crippen molar-refractivity contribution in [3.63, 3.8) is 0 Å². The predicted octanol–water partition coefficient (Wildman–Crippen LogP) is 3.29. The number of hydrogen-bond acceptors (Lipinski definition) is 2. The van der Waals surface area contributed by atoms with Crippen LogP contribution in [-0.2, 0) is 0 Å². The van der Waals surface area contributed by atoms with Gasteiger partial charge in [-0.3, -0.25) is 9.80 Å². The lowest BCUT2D eigenvalue weighted by Crippen LogP contribution is -2.61. The van der Waals surface area contributed by atoms with E-state index in [0.717, 1.165) is 24.4 Å². The van der Waals surface area contributed by atoms with Crippen LogP contribution < -0.4 is 0 Å². The molecule has 106 valence electrons. The molecule has 2 aliphatic heterocycles. The smallest absolute Gasteiger partial charge is 0.0508 e. The minimum absolute atomic E-state index is 0.283. The lowest BCUT2D eigenvalue weighted by molar-refractivity contribution is -0.111. The first-order valence-corrected chi connectivity index (χ1v) is 7.52. The third-order valence-electron chi connectivity index (χ3n) is 5.16. The average Bonchev–Trinajstić information content (AvgIpc) is 2.12. The standard InChI is InChI=1S/C16H32N2/c1-15(2,3)14-12-8-13(14)10-18(9-12)11-17(7)16(4,5)6/h12-14H,8-11H2,1-7H3. The molecule has 0 spiro atoms. The molecule has 3 fully saturated rings. The molecule has 2 atom stereocenters. The summed E-state index contributed by atoms with van der Waals surface area (Å²) in [4.78, 5) is 5.15. The molecule has 0 aromatic heterocycles. The van der Waals surface area contributed by atoms with E-state index in [9.17, 15) is 0 Å². The van der Waals surface area contributed by atoms with Crippen molar-refractivity contribution in [3.05, 3.63) is 0 Å². The van der Waals surface area contributed by atoms with E-state index in [1.165, 1.54) is 19.5 Å². The Bertz CT molecular complexity index is 285. The topological polar surface area (TPSA) is 6.48 Å². The van der Waals surface area contributed by atoms with Crippen LogP contribution in [0.1, 0.15) is 48.0 Å². The van der Waals surface area contributed by atoms with Gasteiger partial charge in [-0.25, -0.2) is 0 Å². The van der Waals surface area contributed by atoms with Gasteiger partial charge in [-0.1, -0.05) is 20.8 Å². The van der Waals surface area contributed by atoms with Crippen LogP contribution in [0.5, 0.6) is 0 Å². The van der Waals surface area contributed by atoms with Gasteiger partial charge in [-0.2, -0.15) is 0 Å². The number of hydrogen-bond donors (Lipinski definition) is 0. The summed E-state index contributed by atoms with van der Waals surface area (Å²) < 4.78 is 0. The monoisotopic (exact) mass is 252 g/mol. The summed E-state index contributed by atoms with van der Waals surface area (Å²) >= 11 is 0. The number of nitrogens with zero attached hydrogens (tertiary/aromatic N) is 2. The fourth-order valence-corrected chi connectivity index (χ4v) is 4.03. The van der Waals surface area contributed by atoms with E-state index in [4.69, 9.17) is 0 Å². The average molecular weight is 252 g/mol. The SMILES string of the molecule is CN(CN1CC2CC(C1)C2C(C)(C)C)C(C)(C)C. The van der Waals surface area contributed by atoms with E-state index in [1.807, 2.05) is 0 Å². The van der Waals surface area contributed by atoms with Gasteiger partial charge in [0.05, 0.1) is 6.67 Å². The van der Waals surface area contributed by atoms with Gasteiger partial charge in [0, 0.05) is 18.6 Å². The molecule has 2 nitrogen and oxygen atoms in total. The molecule has 2 unspecified atom stereocenters. The van der Waals surface area contributed by atoms with Gasteiger partial charge in [0.15, 0.2) is 0 Å². The predicted molar refractivity (Wildman–Crippen MR) is 78.5 cm³/mol. The van der Waals surface area contributed by atoms with Crippen molar-refractivity contribution in [3.8, 4) is 0 Å². The van der Waals surface area contributed by atoms with Crippen LogP contribution in [0.2, 0.25) is 0 Å².